The highest BCUT2D eigenvalue weighted by molar-refractivity contribution is 5.67. The summed E-state index contributed by atoms with van der Waals surface area (Å²) in [7, 11) is 0. The maximum atomic E-state index is 13.1. The summed E-state index contributed by atoms with van der Waals surface area (Å²) < 4.78 is 31.2. The van der Waals surface area contributed by atoms with Crippen LogP contribution in [0.3, 0.4) is 0 Å². The molecule has 0 aliphatic rings. The zero-order valence-electron chi connectivity index (χ0n) is 12.2. The Kier molecular flexibility index (Phi) is 5.69. The van der Waals surface area contributed by atoms with E-state index in [1.165, 1.54) is 6.08 Å². The van der Waals surface area contributed by atoms with Gasteiger partial charge in [0, 0.05) is 6.54 Å². The van der Waals surface area contributed by atoms with E-state index in [1.807, 2.05) is 0 Å². The molecule has 6 heteroatoms. The number of rotatable bonds is 4. The molecule has 0 saturated carbocycles. The van der Waals surface area contributed by atoms with Gasteiger partial charge in [0.2, 0.25) is 0 Å². The first-order chi connectivity index (χ1) is 9.69. The third-order valence-electron chi connectivity index (χ3n) is 2.33. The van der Waals surface area contributed by atoms with Crippen molar-refractivity contribution in [2.24, 2.45) is 0 Å². The molecule has 0 bridgehead atoms. The smallest absolute Gasteiger partial charge is 0.407 e. The van der Waals surface area contributed by atoms with E-state index in [1.54, 1.807) is 26.8 Å². The Balaban J connectivity index is 2.41. The second-order valence-corrected chi connectivity index (χ2v) is 5.45. The number of carbonyl (C=O) groups excluding carboxylic acids is 1. The van der Waals surface area contributed by atoms with Crippen LogP contribution in [0.5, 0.6) is 5.75 Å². The number of benzene rings is 1. The van der Waals surface area contributed by atoms with Gasteiger partial charge >= 0.3 is 6.09 Å². The summed E-state index contributed by atoms with van der Waals surface area (Å²) in [5, 5.41) is 11.5. The van der Waals surface area contributed by atoms with Crippen molar-refractivity contribution < 1.29 is 23.4 Å². The lowest BCUT2D eigenvalue weighted by Gasteiger charge is -2.19. The van der Waals surface area contributed by atoms with Gasteiger partial charge in [-0.15, -0.1) is 0 Å². The van der Waals surface area contributed by atoms with Crippen LogP contribution in [0.25, 0.3) is 6.08 Å². The molecule has 0 fully saturated rings. The quantitative estimate of drug-likeness (QED) is 0.835. The van der Waals surface area contributed by atoms with E-state index in [4.69, 9.17) is 9.84 Å². The number of aromatic hydroxyl groups is 1. The van der Waals surface area contributed by atoms with Crippen LogP contribution in [0.15, 0.2) is 18.2 Å². The maximum absolute atomic E-state index is 13.1. The zero-order chi connectivity index (χ0) is 16.0. The molecule has 4 nitrogen and oxygen atoms in total. The van der Waals surface area contributed by atoms with Gasteiger partial charge in [-0.05, 0) is 44.9 Å². The van der Waals surface area contributed by atoms with E-state index >= 15 is 0 Å². The van der Waals surface area contributed by atoms with Gasteiger partial charge in [0.25, 0.3) is 0 Å². The number of nitrogens with one attached hydrogen (secondary N) is 1. The summed E-state index contributed by atoms with van der Waals surface area (Å²) in [6.45, 7) is 5.63. The van der Waals surface area contributed by atoms with Gasteiger partial charge in [0.15, 0.2) is 17.4 Å². The molecule has 1 rings (SSSR count). The fourth-order valence-electron chi connectivity index (χ4n) is 1.47. The van der Waals surface area contributed by atoms with E-state index in [9.17, 15) is 13.6 Å². The van der Waals surface area contributed by atoms with Crippen molar-refractivity contribution in [2.45, 2.75) is 32.8 Å². The molecular formula is C15H19F2NO3. The monoisotopic (exact) mass is 299 g/mol. The minimum atomic E-state index is -1.01. The van der Waals surface area contributed by atoms with E-state index in [0.29, 0.717) is 18.5 Å². The fraction of sp³-hybridized carbons (Fsp3) is 0.400. The summed E-state index contributed by atoms with van der Waals surface area (Å²) in [4.78, 5) is 11.3. The zero-order valence-corrected chi connectivity index (χ0v) is 12.2. The highest BCUT2D eigenvalue weighted by Gasteiger charge is 2.15. The highest BCUT2D eigenvalue weighted by Crippen LogP contribution is 2.22. The van der Waals surface area contributed by atoms with Gasteiger partial charge < -0.3 is 15.2 Å². The molecule has 0 spiro atoms. The lowest BCUT2D eigenvalue weighted by atomic mass is 10.1. The predicted molar refractivity (Wildman–Crippen MR) is 75.9 cm³/mol. The summed E-state index contributed by atoms with van der Waals surface area (Å²) in [5.74, 6) is -3.01. The van der Waals surface area contributed by atoms with Crippen molar-refractivity contribution in [3.8, 4) is 5.75 Å². The number of alkyl carbamates (subject to hydrolysis) is 1. The number of phenolic OH excluding ortho intramolecular Hbond substituents is 1. The summed E-state index contributed by atoms with van der Waals surface area (Å²) in [5.41, 5.74) is -0.263. The van der Waals surface area contributed by atoms with Crippen LogP contribution in [0.1, 0.15) is 32.8 Å². The number of carbonyl (C=O) groups is 1. The predicted octanol–water partition coefficient (Wildman–Crippen LogP) is 3.60. The van der Waals surface area contributed by atoms with Crippen molar-refractivity contribution in [3.63, 3.8) is 0 Å². The SMILES string of the molecule is CC(C)(C)OC(=O)NCCC=Cc1cc(F)c(O)c(F)c1. The number of hydrogen-bond acceptors (Lipinski definition) is 3. The third-order valence-corrected chi connectivity index (χ3v) is 2.33. The average molecular weight is 299 g/mol. The topological polar surface area (TPSA) is 58.6 Å². The highest BCUT2D eigenvalue weighted by atomic mass is 19.1. The number of ether oxygens (including phenoxy) is 1. The Morgan fingerprint density at radius 2 is 1.90 bits per heavy atom. The van der Waals surface area contributed by atoms with E-state index in [-0.39, 0.29) is 0 Å². The second kappa shape index (κ2) is 7.06. The first-order valence-electron chi connectivity index (χ1n) is 6.50. The third kappa shape index (κ3) is 6.25. The molecule has 0 aromatic heterocycles. The molecule has 1 aromatic rings. The molecular weight excluding hydrogens is 280 g/mol. The van der Waals surface area contributed by atoms with Crippen LogP contribution in [0.4, 0.5) is 13.6 Å². The summed E-state index contributed by atoms with van der Waals surface area (Å²) in [6.07, 6.45) is 3.12. The first-order valence-corrected chi connectivity index (χ1v) is 6.50. The molecule has 0 atom stereocenters. The van der Waals surface area contributed by atoms with Gasteiger partial charge in [-0.1, -0.05) is 12.2 Å². The van der Waals surface area contributed by atoms with Gasteiger partial charge in [-0.3, -0.25) is 0 Å². The largest absolute Gasteiger partial charge is 0.503 e. The molecule has 0 radical (unpaired) electrons. The Hall–Kier alpha value is -2.11. The lowest BCUT2D eigenvalue weighted by Crippen LogP contribution is -2.32. The van der Waals surface area contributed by atoms with Gasteiger partial charge in [0.05, 0.1) is 0 Å². The molecule has 116 valence electrons. The number of phenols is 1. The fourth-order valence-corrected chi connectivity index (χ4v) is 1.47. The molecule has 0 heterocycles. The van der Waals surface area contributed by atoms with Crippen molar-refractivity contribution >= 4 is 12.2 Å². The lowest BCUT2D eigenvalue weighted by molar-refractivity contribution is 0.0529. The number of hydrogen-bond donors (Lipinski definition) is 2. The normalized spacial score (nSPS) is 11.7. The Bertz CT molecular complexity index is 513. The Labute approximate surface area is 122 Å². The Morgan fingerprint density at radius 1 is 1.33 bits per heavy atom. The van der Waals surface area contributed by atoms with Crippen LogP contribution in [0.2, 0.25) is 0 Å². The van der Waals surface area contributed by atoms with Gasteiger partial charge in [0.1, 0.15) is 5.60 Å². The van der Waals surface area contributed by atoms with Gasteiger partial charge in [-0.25, -0.2) is 13.6 Å². The van der Waals surface area contributed by atoms with E-state index in [0.717, 1.165) is 12.1 Å². The molecule has 1 aromatic carbocycles. The van der Waals surface area contributed by atoms with Crippen molar-refractivity contribution in [3.05, 3.63) is 35.4 Å². The van der Waals surface area contributed by atoms with Crippen molar-refractivity contribution in [2.75, 3.05) is 6.54 Å². The van der Waals surface area contributed by atoms with Crippen LogP contribution >= 0.6 is 0 Å². The average Bonchev–Trinajstić information content (AvgIpc) is 2.33. The van der Waals surface area contributed by atoms with E-state index < -0.39 is 29.1 Å². The van der Waals surface area contributed by atoms with Gasteiger partial charge in [-0.2, -0.15) is 0 Å². The van der Waals surface area contributed by atoms with Crippen LogP contribution in [0, 0.1) is 11.6 Å². The standard InChI is InChI=1S/C15H19F2NO3/c1-15(2,3)21-14(20)18-7-5-4-6-10-8-11(16)13(19)12(17)9-10/h4,6,8-9,19H,5,7H2,1-3H3,(H,18,20). The summed E-state index contributed by atoms with van der Waals surface area (Å²) in [6, 6.07) is 2.05. The Morgan fingerprint density at radius 3 is 2.43 bits per heavy atom. The van der Waals surface area contributed by atoms with Crippen LogP contribution < -0.4 is 5.32 Å². The summed E-state index contributed by atoms with van der Waals surface area (Å²) >= 11 is 0. The molecule has 0 aliphatic carbocycles. The number of halogens is 2. The number of amides is 1. The van der Waals surface area contributed by atoms with Crippen molar-refractivity contribution in [1.29, 1.82) is 0 Å². The van der Waals surface area contributed by atoms with E-state index in [2.05, 4.69) is 5.32 Å². The molecule has 1 amide bonds. The molecule has 2 N–H and O–H groups in total. The minimum Gasteiger partial charge on any atom is -0.503 e. The molecule has 0 unspecified atom stereocenters. The minimum absolute atomic E-state index is 0.292. The molecule has 0 aliphatic heterocycles. The van der Waals surface area contributed by atoms with Crippen LogP contribution in [-0.4, -0.2) is 23.3 Å². The van der Waals surface area contributed by atoms with Crippen LogP contribution in [-0.2, 0) is 4.74 Å². The second-order valence-electron chi connectivity index (χ2n) is 5.45. The molecule has 0 saturated heterocycles. The van der Waals surface area contributed by atoms with Crippen molar-refractivity contribution in [1.82, 2.24) is 5.32 Å². The molecule has 21 heavy (non-hydrogen) atoms. The first kappa shape index (κ1) is 16.9. The maximum Gasteiger partial charge on any atom is 0.407 e.